The monoisotopic (exact) mass is 397 g/mol. The van der Waals surface area contributed by atoms with Crippen LogP contribution in [0.25, 0.3) is 0 Å². The highest BCUT2D eigenvalue weighted by Gasteiger charge is 2.47. The summed E-state index contributed by atoms with van der Waals surface area (Å²) in [5.74, 6) is 0.714. The lowest BCUT2D eigenvalue weighted by atomic mass is 9.88. The van der Waals surface area contributed by atoms with Crippen molar-refractivity contribution in [2.24, 2.45) is 0 Å². The highest BCUT2D eigenvalue weighted by Crippen LogP contribution is 2.40. The molecule has 1 atom stereocenters. The Labute approximate surface area is 170 Å². The minimum absolute atomic E-state index is 0.0576. The van der Waals surface area contributed by atoms with E-state index in [0.29, 0.717) is 39.0 Å². The molecular formula is C21H27N5O3. The van der Waals surface area contributed by atoms with E-state index in [0.717, 1.165) is 12.2 Å². The van der Waals surface area contributed by atoms with E-state index in [2.05, 4.69) is 27.8 Å². The molecule has 154 valence electrons. The fourth-order valence-corrected chi connectivity index (χ4v) is 4.18. The van der Waals surface area contributed by atoms with Crippen LogP contribution in [0.5, 0.6) is 0 Å². The van der Waals surface area contributed by atoms with E-state index in [4.69, 9.17) is 4.74 Å². The number of hydrogen-bond donors (Lipinski definition) is 2. The van der Waals surface area contributed by atoms with Gasteiger partial charge in [-0.1, -0.05) is 30.3 Å². The number of rotatable bonds is 4. The Kier molecular flexibility index (Phi) is 5.53. The van der Waals surface area contributed by atoms with Gasteiger partial charge in [0.2, 0.25) is 0 Å². The Balaban J connectivity index is 1.35. The second-order valence-corrected chi connectivity index (χ2v) is 7.57. The summed E-state index contributed by atoms with van der Waals surface area (Å²) < 4.78 is 8.26. The Hall–Kier alpha value is -2.87. The van der Waals surface area contributed by atoms with E-state index in [1.165, 1.54) is 5.56 Å². The van der Waals surface area contributed by atoms with Gasteiger partial charge in [-0.3, -0.25) is 4.79 Å². The fraction of sp³-hybridized carbons (Fsp3) is 0.476. The zero-order chi connectivity index (χ0) is 20.3. The normalized spacial score (nSPS) is 20.2. The molecule has 4 rings (SSSR count). The van der Waals surface area contributed by atoms with Crippen molar-refractivity contribution in [1.82, 2.24) is 25.1 Å². The van der Waals surface area contributed by atoms with E-state index in [9.17, 15) is 9.59 Å². The Morgan fingerprint density at radius 3 is 2.72 bits per heavy atom. The number of fused-ring (bicyclic) bond motifs is 2. The first-order valence-electron chi connectivity index (χ1n) is 10.1. The highest BCUT2D eigenvalue weighted by molar-refractivity contribution is 5.80. The Morgan fingerprint density at radius 2 is 2.00 bits per heavy atom. The van der Waals surface area contributed by atoms with Crippen LogP contribution in [0.4, 0.5) is 4.79 Å². The van der Waals surface area contributed by atoms with Gasteiger partial charge in [-0.15, -0.1) is 0 Å². The molecule has 1 saturated heterocycles. The molecule has 1 aromatic heterocycles. The number of imidazole rings is 1. The third kappa shape index (κ3) is 3.98. The van der Waals surface area contributed by atoms with Crippen LogP contribution in [-0.2, 0) is 28.1 Å². The number of benzene rings is 1. The molecule has 0 aliphatic carbocycles. The minimum atomic E-state index is -0.625. The standard InChI is InChI=1S/C21H27N5O3/c1-22-18(27)17-15-26-14-11-23-19(26)21(29-17)8-12-25(13-9-21)20(28)24-10-7-16-5-3-2-4-6-16/h2-6,11,14,17H,7-10,12-13,15H2,1H3,(H,22,27)(H,24,28)/t17-/m0/s1. The maximum absolute atomic E-state index is 12.6. The zero-order valence-corrected chi connectivity index (χ0v) is 16.6. The summed E-state index contributed by atoms with van der Waals surface area (Å²) in [7, 11) is 1.62. The maximum atomic E-state index is 12.6. The predicted molar refractivity (Wildman–Crippen MR) is 107 cm³/mol. The molecule has 1 aromatic carbocycles. The number of carbonyl (C=O) groups excluding carboxylic acids is 2. The maximum Gasteiger partial charge on any atom is 0.317 e. The number of nitrogens with zero attached hydrogens (tertiary/aromatic N) is 3. The summed E-state index contributed by atoms with van der Waals surface area (Å²) in [5.41, 5.74) is 0.577. The third-order valence-electron chi connectivity index (χ3n) is 5.78. The van der Waals surface area contributed by atoms with Crippen molar-refractivity contribution in [3.05, 3.63) is 54.1 Å². The molecule has 1 spiro atoms. The first-order valence-corrected chi connectivity index (χ1v) is 10.1. The van der Waals surface area contributed by atoms with Gasteiger partial charge in [-0.2, -0.15) is 0 Å². The average Bonchev–Trinajstić information content (AvgIpc) is 3.24. The Morgan fingerprint density at radius 1 is 1.24 bits per heavy atom. The van der Waals surface area contributed by atoms with Gasteiger partial charge in [0.15, 0.2) is 6.10 Å². The summed E-state index contributed by atoms with van der Waals surface area (Å²) in [6.45, 7) is 2.18. The molecule has 0 saturated carbocycles. The van der Waals surface area contributed by atoms with Crippen molar-refractivity contribution < 1.29 is 14.3 Å². The lowest BCUT2D eigenvalue weighted by molar-refractivity contribution is -0.171. The third-order valence-corrected chi connectivity index (χ3v) is 5.78. The van der Waals surface area contributed by atoms with Gasteiger partial charge in [-0.25, -0.2) is 9.78 Å². The van der Waals surface area contributed by atoms with Crippen LogP contribution in [0.2, 0.25) is 0 Å². The summed E-state index contributed by atoms with van der Waals surface area (Å²) in [4.78, 5) is 31.1. The van der Waals surface area contributed by atoms with Gasteiger partial charge in [0.25, 0.3) is 5.91 Å². The van der Waals surface area contributed by atoms with Crippen LogP contribution in [0.15, 0.2) is 42.7 Å². The molecule has 29 heavy (non-hydrogen) atoms. The lowest BCUT2D eigenvalue weighted by Crippen LogP contribution is -2.55. The lowest BCUT2D eigenvalue weighted by Gasteiger charge is -2.45. The summed E-state index contributed by atoms with van der Waals surface area (Å²) in [6, 6.07) is 10.0. The number of amides is 3. The first kappa shape index (κ1) is 19.4. The molecule has 0 bridgehead atoms. The topological polar surface area (TPSA) is 88.5 Å². The SMILES string of the molecule is CNC(=O)[C@@H]1Cn2ccnc2C2(CCN(C(=O)NCCc3ccccc3)CC2)O1. The zero-order valence-electron chi connectivity index (χ0n) is 16.6. The number of aromatic nitrogens is 2. The van der Waals surface area contributed by atoms with E-state index in [1.807, 2.05) is 33.9 Å². The molecule has 2 aliphatic heterocycles. The fourth-order valence-electron chi connectivity index (χ4n) is 4.18. The number of urea groups is 1. The van der Waals surface area contributed by atoms with E-state index < -0.39 is 11.7 Å². The smallest absolute Gasteiger partial charge is 0.317 e. The Bertz CT molecular complexity index is 858. The number of hydrogen-bond acceptors (Lipinski definition) is 4. The van der Waals surface area contributed by atoms with Crippen LogP contribution < -0.4 is 10.6 Å². The van der Waals surface area contributed by atoms with Crippen molar-refractivity contribution in [3.8, 4) is 0 Å². The first-order chi connectivity index (χ1) is 14.1. The van der Waals surface area contributed by atoms with Crippen LogP contribution in [0.3, 0.4) is 0 Å². The summed E-state index contributed by atoms with van der Waals surface area (Å²) in [5, 5.41) is 5.67. The molecule has 8 heteroatoms. The molecule has 0 unspecified atom stereocenters. The molecule has 8 nitrogen and oxygen atoms in total. The second kappa shape index (κ2) is 8.24. The van der Waals surface area contributed by atoms with E-state index in [-0.39, 0.29) is 11.9 Å². The van der Waals surface area contributed by atoms with Gasteiger partial charge in [0.05, 0.1) is 6.54 Å². The number of carbonyl (C=O) groups is 2. The van der Waals surface area contributed by atoms with Crippen molar-refractivity contribution in [2.75, 3.05) is 26.7 Å². The van der Waals surface area contributed by atoms with Crippen molar-refractivity contribution in [1.29, 1.82) is 0 Å². The molecule has 0 radical (unpaired) electrons. The molecule has 1 fully saturated rings. The number of likely N-dealkylation sites (N-methyl/N-ethyl adjacent to an activating group) is 1. The second-order valence-electron chi connectivity index (χ2n) is 7.57. The highest BCUT2D eigenvalue weighted by atomic mass is 16.5. The summed E-state index contributed by atoms with van der Waals surface area (Å²) >= 11 is 0. The number of ether oxygens (including phenoxy) is 1. The van der Waals surface area contributed by atoms with Gasteiger partial charge in [0, 0.05) is 51.9 Å². The quantitative estimate of drug-likeness (QED) is 0.813. The van der Waals surface area contributed by atoms with Crippen molar-refractivity contribution in [3.63, 3.8) is 0 Å². The predicted octanol–water partition coefficient (Wildman–Crippen LogP) is 1.27. The van der Waals surface area contributed by atoms with Crippen molar-refractivity contribution in [2.45, 2.75) is 37.5 Å². The van der Waals surface area contributed by atoms with Crippen LogP contribution >= 0.6 is 0 Å². The van der Waals surface area contributed by atoms with E-state index >= 15 is 0 Å². The van der Waals surface area contributed by atoms with Gasteiger partial charge >= 0.3 is 6.03 Å². The van der Waals surface area contributed by atoms with Gasteiger partial charge in [-0.05, 0) is 12.0 Å². The molecule has 3 amide bonds. The average molecular weight is 397 g/mol. The number of nitrogens with one attached hydrogen (secondary N) is 2. The number of likely N-dealkylation sites (tertiary alicyclic amines) is 1. The summed E-state index contributed by atoms with van der Waals surface area (Å²) in [6.07, 6.45) is 5.12. The van der Waals surface area contributed by atoms with Gasteiger partial charge < -0.3 is 24.8 Å². The molecule has 2 aliphatic rings. The molecule has 2 aromatic rings. The van der Waals surface area contributed by atoms with Gasteiger partial charge in [0.1, 0.15) is 11.4 Å². The largest absolute Gasteiger partial charge is 0.357 e. The molecule has 3 heterocycles. The van der Waals surface area contributed by atoms with E-state index in [1.54, 1.807) is 13.2 Å². The molecular weight excluding hydrogens is 370 g/mol. The van der Waals surface area contributed by atoms with Crippen molar-refractivity contribution >= 4 is 11.9 Å². The molecule has 2 N–H and O–H groups in total. The van der Waals surface area contributed by atoms with Crippen LogP contribution in [-0.4, -0.2) is 59.2 Å². The minimum Gasteiger partial charge on any atom is -0.357 e. The number of piperidine rings is 1. The van der Waals surface area contributed by atoms with Crippen LogP contribution in [0.1, 0.15) is 24.2 Å². The van der Waals surface area contributed by atoms with Crippen LogP contribution in [0, 0.1) is 0 Å².